The van der Waals surface area contributed by atoms with Crippen molar-refractivity contribution in [2.75, 3.05) is 0 Å². The number of hydrogen-bond donors (Lipinski definition) is 3. The molecule has 3 aromatic rings. The summed E-state index contributed by atoms with van der Waals surface area (Å²) >= 11 is 0. The van der Waals surface area contributed by atoms with Crippen molar-refractivity contribution in [1.29, 1.82) is 0 Å². The van der Waals surface area contributed by atoms with Gasteiger partial charge in [-0.25, -0.2) is 14.4 Å². The molecule has 0 unspecified atom stereocenters. The number of carboxylic acids is 3. The van der Waals surface area contributed by atoms with Crippen molar-refractivity contribution in [2.24, 2.45) is 0 Å². The highest BCUT2D eigenvalue weighted by Gasteiger charge is 2.27. The average Bonchev–Trinajstić information content (AvgIpc) is 2.67. The highest BCUT2D eigenvalue weighted by molar-refractivity contribution is 6.12. The summed E-state index contributed by atoms with van der Waals surface area (Å²) in [5, 5.41) is 28.1. The predicted molar refractivity (Wildman–Crippen MR) is 98.2 cm³/mol. The highest BCUT2D eigenvalue weighted by Crippen LogP contribution is 2.31. The van der Waals surface area contributed by atoms with E-state index in [1.54, 1.807) is 24.3 Å². The Labute approximate surface area is 154 Å². The predicted octanol–water partition coefficient (Wildman–Crippen LogP) is 4.12. The van der Waals surface area contributed by atoms with Crippen LogP contribution in [0.15, 0.2) is 66.7 Å². The van der Waals surface area contributed by atoms with E-state index < -0.39 is 34.6 Å². The third kappa shape index (κ3) is 3.41. The lowest BCUT2D eigenvalue weighted by Crippen LogP contribution is -2.16. The van der Waals surface area contributed by atoms with Gasteiger partial charge in [-0.1, -0.05) is 60.7 Å². The van der Waals surface area contributed by atoms with E-state index in [9.17, 15) is 29.7 Å². The SMILES string of the molecule is O=C(O)c1ccc(-c2ccc(-c3ccccc3)cc2)c(C(=O)O)c1C(=O)O. The second kappa shape index (κ2) is 7.13. The molecule has 0 aliphatic rings. The van der Waals surface area contributed by atoms with Gasteiger partial charge in [0.1, 0.15) is 0 Å². The summed E-state index contributed by atoms with van der Waals surface area (Å²) in [7, 11) is 0. The van der Waals surface area contributed by atoms with Crippen molar-refractivity contribution in [3.63, 3.8) is 0 Å². The molecule has 27 heavy (non-hydrogen) atoms. The van der Waals surface area contributed by atoms with E-state index in [1.165, 1.54) is 6.07 Å². The molecule has 0 saturated carbocycles. The van der Waals surface area contributed by atoms with Crippen LogP contribution in [-0.4, -0.2) is 33.2 Å². The molecule has 0 radical (unpaired) electrons. The summed E-state index contributed by atoms with van der Waals surface area (Å²) in [6.45, 7) is 0. The first-order chi connectivity index (χ1) is 12.9. The molecule has 3 aromatic carbocycles. The topological polar surface area (TPSA) is 112 Å². The molecule has 6 heteroatoms. The number of rotatable bonds is 5. The van der Waals surface area contributed by atoms with E-state index >= 15 is 0 Å². The van der Waals surface area contributed by atoms with E-state index in [2.05, 4.69) is 0 Å². The number of aromatic carboxylic acids is 3. The van der Waals surface area contributed by atoms with Crippen LogP contribution in [0.4, 0.5) is 0 Å². The van der Waals surface area contributed by atoms with Gasteiger partial charge in [-0.2, -0.15) is 0 Å². The molecule has 0 saturated heterocycles. The molecule has 0 bridgehead atoms. The fraction of sp³-hybridized carbons (Fsp3) is 0. The normalized spacial score (nSPS) is 10.4. The van der Waals surface area contributed by atoms with Crippen LogP contribution < -0.4 is 0 Å². The van der Waals surface area contributed by atoms with Gasteiger partial charge in [0, 0.05) is 0 Å². The smallest absolute Gasteiger partial charge is 0.337 e. The second-order valence-corrected chi connectivity index (χ2v) is 5.77. The van der Waals surface area contributed by atoms with Crippen LogP contribution in [0.5, 0.6) is 0 Å². The molecule has 0 aliphatic carbocycles. The second-order valence-electron chi connectivity index (χ2n) is 5.77. The Morgan fingerprint density at radius 1 is 0.519 bits per heavy atom. The summed E-state index contributed by atoms with van der Waals surface area (Å²) in [4.78, 5) is 34.6. The first kappa shape index (κ1) is 17.9. The largest absolute Gasteiger partial charge is 0.478 e. The monoisotopic (exact) mass is 362 g/mol. The lowest BCUT2D eigenvalue weighted by Gasteiger charge is -2.12. The number of hydrogen-bond acceptors (Lipinski definition) is 3. The number of carboxylic acid groups (broad SMARTS) is 3. The lowest BCUT2D eigenvalue weighted by atomic mass is 9.91. The summed E-state index contributed by atoms with van der Waals surface area (Å²) in [6.07, 6.45) is 0. The Morgan fingerprint density at radius 3 is 1.56 bits per heavy atom. The first-order valence-corrected chi connectivity index (χ1v) is 7.93. The van der Waals surface area contributed by atoms with Crippen LogP contribution >= 0.6 is 0 Å². The zero-order valence-electron chi connectivity index (χ0n) is 13.9. The van der Waals surface area contributed by atoms with Gasteiger partial charge in [0.25, 0.3) is 0 Å². The van der Waals surface area contributed by atoms with Crippen molar-refractivity contribution >= 4 is 17.9 Å². The van der Waals surface area contributed by atoms with Gasteiger partial charge in [0.05, 0.1) is 16.7 Å². The van der Waals surface area contributed by atoms with Crippen LogP contribution in [0.25, 0.3) is 22.3 Å². The Morgan fingerprint density at radius 2 is 1.04 bits per heavy atom. The third-order valence-electron chi connectivity index (χ3n) is 4.17. The fourth-order valence-electron chi connectivity index (χ4n) is 2.94. The van der Waals surface area contributed by atoms with Crippen molar-refractivity contribution in [3.05, 3.63) is 83.4 Å². The molecule has 3 N–H and O–H groups in total. The molecule has 134 valence electrons. The minimum atomic E-state index is -1.60. The molecule has 0 spiro atoms. The van der Waals surface area contributed by atoms with E-state index in [0.29, 0.717) is 5.56 Å². The van der Waals surface area contributed by atoms with Crippen LogP contribution in [0.2, 0.25) is 0 Å². The van der Waals surface area contributed by atoms with Crippen LogP contribution in [-0.2, 0) is 0 Å². The first-order valence-electron chi connectivity index (χ1n) is 7.93. The molecule has 0 aromatic heterocycles. The Kier molecular flexibility index (Phi) is 4.72. The fourth-order valence-corrected chi connectivity index (χ4v) is 2.94. The number of carbonyl (C=O) groups is 3. The van der Waals surface area contributed by atoms with Crippen molar-refractivity contribution in [1.82, 2.24) is 0 Å². The summed E-state index contributed by atoms with van der Waals surface area (Å²) in [5.41, 5.74) is 0.668. The maximum atomic E-state index is 11.7. The van der Waals surface area contributed by atoms with E-state index in [-0.39, 0.29) is 5.56 Å². The van der Waals surface area contributed by atoms with Gasteiger partial charge < -0.3 is 15.3 Å². The van der Waals surface area contributed by atoms with E-state index in [1.807, 2.05) is 30.3 Å². The Bertz CT molecular complexity index is 1040. The van der Waals surface area contributed by atoms with Crippen LogP contribution in [0, 0.1) is 0 Å². The van der Waals surface area contributed by atoms with Gasteiger partial charge in [0.15, 0.2) is 0 Å². The van der Waals surface area contributed by atoms with Crippen molar-refractivity contribution in [3.8, 4) is 22.3 Å². The molecule has 0 amide bonds. The molecule has 6 nitrogen and oxygen atoms in total. The summed E-state index contributed by atoms with van der Waals surface area (Å²) in [5.74, 6) is -4.61. The van der Waals surface area contributed by atoms with Gasteiger partial charge in [-0.3, -0.25) is 0 Å². The van der Waals surface area contributed by atoms with Gasteiger partial charge in [-0.05, 0) is 28.3 Å². The van der Waals surface area contributed by atoms with Crippen LogP contribution in [0.3, 0.4) is 0 Å². The zero-order chi connectivity index (χ0) is 19.6. The average molecular weight is 362 g/mol. The Balaban J connectivity index is 2.17. The molecule has 0 aliphatic heterocycles. The van der Waals surface area contributed by atoms with Gasteiger partial charge in [0.2, 0.25) is 0 Å². The lowest BCUT2D eigenvalue weighted by molar-refractivity contribution is 0.0633. The molecular formula is C21H14O6. The quantitative estimate of drug-likeness (QED) is 0.629. The standard InChI is InChI=1S/C21H14O6/c22-19(23)16-11-10-15(17(20(24)25)18(16)21(26)27)14-8-6-13(7-9-14)12-4-2-1-3-5-12/h1-11H,(H,22,23)(H,24,25)(H,26,27). The molecule has 0 heterocycles. The molecule has 0 fully saturated rings. The minimum Gasteiger partial charge on any atom is -0.478 e. The summed E-state index contributed by atoms with van der Waals surface area (Å²) in [6, 6.07) is 18.9. The number of benzene rings is 3. The highest BCUT2D eigenvalue weighted by atomic mass is 16.4. The maximum absolute atomic E-state index is 11.7. The van der Waals surface area contributed by atoms with Crippen LogP contribution in [0.1, 0.15) is 31.1 Å². The molecular weight excluding hydrogens is 348 g/mol. The van der Waals surface area contributed by atoms with Gasteiger partial charge in [-0.15, -0.1) is 0 Å². The van der Waals surface area contributed by atoms with Gasteiger partial charge >= 0.3 is 17.9 Å². The molecule has 3 rings (SSSR count). The third-order valence-corrected chi connectivity index (χ3v) is 4.17. The molecule has 0 atom stereocenters. The zero-order valence-corrected chi connectivity index (χ0v) is 13.9. The van der Waals surface area contributed by atoms with E-state index in [4.69, 9.17) is 0 Å². The maximum Gasteiger partial charge on any atom is 0.337 e. The van der Waals surface area contributed by atoms with Crippen molar-refractivity contribution in [2.45, 2.75) is 0 Å². The van der Waals surface area contributed by atoms with E-state index in [0.717, 1.165) is 17.2 Å². The summed E-state index contributed by atoms with van der Waals surface area (Å²) < 4.78 is 0. The minimum absolute atomic E-state index is 0.143. The van der Waals surface area contributed by atoms with Crippen molar-refractivity contribution < 1.29 is 29.7 Å². The Hall–Kier alpha value is -3.93.